The summed E-state index contributed by atoms with van der Waals surface area (Å²) in [7, 11) is 0. The zero-order valence-corrected chi connectivity index (χ0v) is 13.6. The molecule has 3 aromatic heterocycles. The lowest BCUT2D eigenvalue weighted by molar-refractivity contribution is 0.173. The monoisotopic (exact) mass is 343 g/mol. The van der Waals surface area contributed by atoms with Gasteiger partial charge in [-0.1, -0.05) is 0 Å². The van der Waals surface area contributed by atoms with Gasteiger partial charge in [-0.15, -0.1) is 0 Å². The third-order valence-electron chi connectivity index (χ3n) is 3.42. The molecule has 2 amide bonds. The van der Waals surface area contributed by atoms with E-state index < -0.39 is 6.10 Å². The summed E-state index contributed by atoms with van der Waals surface area (Å²) < 4.78 is 1.79. The van der Waals surface area contributed by atoms with Gasteiger partial charge >= 0.3 is 6.03 Å². The highest BCUT2D eigenvalue weighted by molar-refractivity contribution is 7.07. The zero-order valence-electron chi connectivity index (χ0n) is 12.8. The fraction of sp³-hybridized carbons (Fsp3) is 0.188. The summed E-state index contributed by atoms with van der Waals surface area (Å²) in [5, 5.41) is 19.1. The fourth-order valence-corrected chi connectivity index (χ4v) is 2.83. The van der Waals surface area contributed by atoms with Gasteiger partial charge in [0.1, 0.15) is 12.1 Å². The van der Waals surface area contributed by atoms with Crippen molar-refractivity contribution in [1.29, 1.82) is 0 Å². The van der Waals surface area contributed by atoms with Crippen LogP contribution in [-0.4, -0.2) is 32.2 Å². The van der Waals surface area contributed by atoms with Gasteiger partial charge in [-0.05, 0) is 40.1 Å². The van der Waals surface area contributed by atoms with Crippen molar-refractivity contribution in [3.63, 3.8) is 0 Å². The molecule has 0 saturated heterocycles. The highest BCUT2D eigenvalue weighted by Gasteiger charge is 2.09. The van der Waals surface area contributed by atoms with E-state index in [1.54, 1.807) is 29.5 Å². The molecule has 3 rings (SSSR count). The van der Waals surface area contributed by atoms with Gasteiger partial charge in [-0.25, -0.2) is 14.8 Å². The topological polar surface area (TPSA) is 92.1 Å². The van der Waals surface area contributed by atoms with Crippen LogP contribution in [0.2, 0.25) is 0 Å². The van der Waals surface area contributed by atoms with Gasteiger partial charge in [0.05, 0.1) is 6.10 Å². The first-order valence-electron chi connectivity index (χ1n) is 7.37. The van der Waals surface area contributed by atoms with Gasteiger partial charge in [0, 0.05) is 31.7 Å². The van der Waals surface area contributed by atoms with Crippen LogP contribution < -0.4 is 10.6 Å². The molecule has 0 aliphatic rings. The molecule has 3 aromatic rings. The van der Waals surface area contributed by atoms with Gasteiger partial charge in [-0.3, -0.25) is 4.57 Å². The van der Waals surface area contributed by atoms with Crippen molar-refractivity contribution in [2.24, 2.45) is 0 Å². The van der Waals surface area contributed by atoms with Gasteiger partial charge in [0.2, 0.25) is 0 Å². The number of nitrogens with one attached hydrogen (secondary N) is 2. The number of aliphatic hydroxyl groups is 1. The first-order valence-corrected chi connectivity index (χ1v) is 8.32. The predicted molar refractivity (Wildman–Crippen MR) is 90.9 cm³/mol. The summed E-state index contributed by atoms with van der Waals surface area (Å²) in [5.74, 6) is 0.736. The van der Waals surface area contributed by atoms with E-state index in [0.717, 1.165) is 16.9 Å². The standard InChI is InChI=1S/C16H17N5O2S/c22-14(13-2-6-24-10-13)9-20-16(23)19-8-12-1-3-18-15(7-12)21-5-4-17-11-21/h1-7,10-11,14,22H,8-9H2,(H2,19,20,23). The van der Waals surface area contributed by atoms with Crippen LogP contribution in [0.5, 0.6) is 0 Å². The lowest BCUT2D eigenvalue weighted by Gasteiger charge is -2.12. The number of pyridine rings is 1. The molecule has 1 unspecified atom stereocenters. The molecule has 24 heavy (non-hydrogen) atoms. The average Bonchev–Trinajstić information content (AvgIpc) is 3.31. The Morgan fingerprint density at radius 1 is 1.33 bits per heavy atom. The third kappa shape index (κ3) is 4.18. The summed E-state index contributed by atoms with van der Waals surface area (Å²) in [5.41, 5.74) is 1.72. The molecule has 0 radical (unpaired) electrons. The minimum Gasteiger partial charge on any atom is -0.387 e. The van der Waals surface area contributed by atoms with Crippen molar-refractivity contribution >= 4 is 17.4 Å². The highest BCUT2D eigenvalue weighted by atomic mass is 32.1. The number of thiophene rings is 1. The molecule has 0 aliphatic carbocycles. The quantitative estimate of drug-likeness (QED) is 0.637. The number of aliphatic hydroxyl groups excluding tert-OH is 1. The van der Waals surface area contributed by atoms with Gasteiger partial charge in [0.15, 0.2) is 0 Å². The molecule has 0 fully saturated rings. The molecule has 7 nitrogen and oxygen atoms in total. The van der Waals surface area contributed by atoms with Crippen molar-refractivity contribution in [3.05, 3.63) is 65.0 Å². The molecule has 0 aliphatic heterocycles. The van der Waals surface area contributed by atoms with Crippen LogP contribution in [0, 0.1) is 0 Å². The maximum absolute atomic E-state index is 11.8. The lowest BCUT2D eigenvalue weighted by Crippen LogP contribution is -2.37. The molecule has 124 valence electrons. The molecule has 8 heteroatoms. The smallest absolute Gasteiger partial charge is 0.315 e. The van der Waals surface area contributed by atoms with E-state index in [0.29, 0.717) is 6.54 Å². The molecular formula is C16H17N5O2S. The Morgan fingerprint density at radius 2 is 2.25 bits per heavy atom. The van der Waals surface area contributed by atoms with Gasteiger partial charge < -0.3 is 15.7 Å². The number of hydrogen-bond donors (Lipinski definition) is 3. The number of carbonyl (C=O) groups is 1. The second kappa shape index (κ2) is 7.71. The second-order valence-corrected chi connectivity index (χ2v) is 5.91. The minimum atomic E-state index is -0.698. The molecule has 3 N–H and O–H groups in total. The van der Waals surface area contributed by atoms with Crippen molar-refractivity contribution in [1.82, 2.24) is 25.2 Å². The fourth-order valence-electron chi connectivity index (χ4n) is 2.12. The molecule has 0 aromatic carbocycles. The maximum Gasteiger partial charge on any atom is 0.315 e. The van der Waals surface area contributed by atoms with E-state index in [2.05, 4.69) is 20.6 Å². The number of rotatable bonds is 6. The largest absolute Gasteiger partial charge is 0.387 e. The summed E-state index contributed by atoms with van der Waals surface area (Å²) in [6.07, 6.45) is 6.13. The first-order chi connectivity index (χ1) is 11.7. The van der Waals surface area contributed by atoms with Crippen molar-refractivity contribution in [2.75, 3.05) is 6.54 Å². The van der Waals surface area contributed by atoms with Crippen LogP contribution >= 0.6 is 11.3 Å². The Bertz CT molecular complexity index is 774. The van der Waals surface area contributed by atoms with E-state index in [9.17, 15) is 9.90 Å². The Hall–Kier alpha value is -2.71. The van der Waals surface area contributed by atoms with Crippen LogP contribution in [0.25, 0.3) is 5.82 Å². The van der Waals surface area contributed by atoms with Gasteiger partial charge in [-0.2, -0.15) is 11.3 Å². The molecule has 3 heterocycles. The van der Waals surface area contributed by atoms with E-state index in [4.69, 9.17) is 0 Å². The zero-order chi connectivity index (χ0) is 16.8. The summed E-state index contributed by atoms with van der Waals surface area (Å²) in [6, 6.07) is 5.22. The molecule has 0 bridgehead atoms. The SMILES string of the molecule is O=C(NCc1ccnc(-n2ccnc2)c1)NCC(O)c1ccsc1. The van der Waals surface area contributed by atoms with E-state index in [-0.39, 0.29) is 12.6 Å². The Balaban J connectivity index is 1.49. The summed E-state index contributed by atoms with van der Waals surface area (Å²) in [4.78, 5) is 20.1. The van der Waals surface area contributed by atoms with E-state index >= 15 is 0 Å². The minimum absolute atomic E-state index is 0.166. The van der Waals surface area contributed by atoms with E-state index in [1.165, 1.54) is 11.3 Å². The predicted octanol–water partition coefficient (Wildman–Crippen LogP) is 1.86. The first kappa shape index (κ1) is 16.2. The van der Waals surface area contributed by atoms with Crippen LogP contribution in [0.1, 0.15) is 17.2 Å². The van der Waals surface area contributed by atoms with E-state index in [1.807, 2.05) is 29.0 Å². The molecule has 0 spiro atoms. The van der Waals surface area contributed by atoms with Crippen molar-refractivity contribution < 1.29 is 9.90 Å². The van der Waals surface area contributed by atoms with Crippen molar-refractivity contribution in [2.45, 2.75) is 12.6 Å². The number of imidazole rings is 1. The number of carbonyl (C=O) groups excluding carboxylic acids is 1. The Kier molecular flexibility index (Phi) is 5.19. The highest BCUT2D eigenvalue weighted by Crippen LogP contribution is 2.14. The van der Waals surface area contributed by atoms with Gasteiger partial charge in [0.25, 0.3) is 0 Å². The molecular weight excluding hydrogens is 326 g/mol. The van der Waals surface area contributed by atoms with Crippen molar-refractivity contribution in [3.8, 4) is 5.82 Å². The Morgan fingerprint density at radius 3 is 3.00 bits per heavy atom. The normalized spacial score (nSPS) is 11.9. The number of hydrogen-bond acceptors (Lipinski definition) is 5. The van der Waals surface area contributed by atoms with Crippen LogP contribution in [0.4, 0.5) is 4.79 Å². The number of nitrogens with zero attached hydrogens (tertiary/aromatic N) is 3. The summed E-state index contributed by atoms with van der Waals surface area (Å²) in [6.45, 7) is 0.532. The molecule has 1 atom stereocenters. The lowest BCUT2D eigenvalue weighted by atomic mass is 10.2. The number of aromatic nitrogens is 3. The Labute approximate surface area is 143 Å². The summed E-state index contributed by atoms with van der Waals surface area (Å²) >= 11 is 1.51. The maximum atomic E-state index is 11.8. The molecule has 0 saturated carbocycles. The van der Waals surface area contributed by atoms with Crippen LogP contribution in [0.15, 0.2) is 53.9 Å². The third-order valence-corrected chi connectivity index (χ3v) is 4.12. The number of amides is 2. The van der Waals surface area contributed by atoms with Crippen LogP contribution in [-0.2, 0) is 6.54 Å². The average molecular weight is 343 g/mol. The second-order valence-electron chi connectivity index (χ2n) is 5.13. The van der Waals surface area contributed by atoms with Crippen LogP contribution in [0.3, 0.4) is 0 Å². The number of urea groups is 1.